The number of alkyl halides is 1. The molecule has 1 rings (SSSR count). The molecule has 1 saturated carbocycles. The summed E-state index contributed by atoms with van der Waals surface area (Å²) in [5.41, 5.74) is 0. The van der Waals surface area contributed by atoms with E-state index in [1.54, 1.807) is 0 Å². The molecule has 1 aliphatic rings. The molecule has 0 aliphatic heterocycles. The Labute approximate surface area is 61.4 Å². The highest BCUT2D eigenvalue weighted by Gasteiger charge is 2.21. The van der Waals surface area contributed by atoms with E-state index in [0.29, 0.717) is 6.04 Å². The summed E-state index contributed by atoms with van der Waals surface area (Å²) < 4.78 is 12.3. The highest BCUT2D eigenvalue weighted by molar-refractivity contribution is 5.85. The molecule has 0 radical (unpaired) electrons. The average molecular weight is 154 g/mol. The average Bonchev–Trinajstić information content (AvgIpc) is 2.14. The molecular formula is C6H13ClFN. The maximum absolute atomic E-state index is 12.3. The minimum Gasteiger partial charge on any atom is -0.317 e. The third-order valence-electron chi connectivity index (χ3n) is 1.78. The normalized spacial score (nSPS) is 34.0. The number of halogens is 2. The van der Waals surface area contributed by atoms with Crippen LogP contribution in [0.4, 0.5) is 4.39 Å². The van der Waals surface area contributed by atoms with E-state index in [0.717, 1.165) is 19.3 Å². The predicted octanol–water partition coefficient (Wildman–Crippen LogP) is 1.52. The topological polar surface area (TPSA) is 12.0 Å². The van der Waals surface area contributed by atoms with Gasteiger partial charge in [-0.1, -0.05) is 0 Å². The van der Waals surface area contributed by atoms with Crippen LogP contribution in [0, 0.1) is 0 Å². The van der Waals surface area contributed by atoms with Crippen LogP contribution in [-0.4, -0.2) is 19.3 Å². The fourth-order valence-corrected chi connectivity index (χ4v) is 1.19. The Bertz CT molecular complexity index is 79.5. The van der Waals surface area contributed by atoms with Gasteiger partial charge in [-0.05, 0) is 26.3 Å². The van der Waals surface area contributed by atoms with E-state index in [1.165, 1.54) is 0 Å². The molecule has 0 heterocycles. The van der Waals surface area contributed by atoms with Gasteiger partial charge in [0.2, 0.25) is 0 Å². The number of nitrogens with one attached hydrogen (secondary N) is 1. The zero-order chi connectivity index (χ0) is 5.98. The van der Waals surface area contributed by atoms with Crippen molar-refractivity contribution in [3.63, 3.8) is 0 Å². The molecule has 0 aromatic heterocycles. The van der Waals surface area contributed by atoms with Crippen molar-refractivity contribution < 1.29 is 4.39 Å². The van der Waals surface area contributed by atoms with Gasteiger partial charge in [0, 0.05) is 6.04 Å². The molecule has 2 atom stereocenters. The lowest BCUT2D eigenvalue weighted by atomic mass is 10.3. The third-order valence-corrected chi connectivity index (χ3v) is 1.78. The van der Waals surface area contributed by atoms with E-state index < -0.39 is 6.17 Å². The molecule has 0 amide bonds. The van der Waals surface area contributed by atoms with Crippen LogP contribution in [0.1, 0.15) is 19.3 Å². The minimum absolute atomic E-state index is 0. The monoisotopic (exact) mass is 153 g/mol. The molecule has 9 heavy (non-hydrogen) atoms. The van der Waals surface area contributed by atoms with Crippen molar-refractivity contribution in [3.8, 4) is 0 Å². The summed E-state index contributed by atoms with van der Waals surface area (Å²) in [5.74, 6) is 0. The predicted molar refractivity (Wildman–Crippen MR) is 38.8 cm³/mol. The summed E-state index contributed by atoms with van der Waals surface area (Å²) in [7, 11) is 1.89. The fourth-order valence-electron chi connectivity index (χ4n) is 1.19. The van der Waals surface area contributed by atoms with Crippen molar-refractivity contribution >= 4 is 12.4 Å². The molecule has 0 aromatic carbocycles. The summed E-state index contributed by atoms with van der Waals surface area (Å²) in [5, 5.41) is 3.05. The van der Waals surface area contributed by atoms with Crippen LogP contribution in [0.5, 0.6) is 0 Å². The van der Waals surface area contributed by atoms with Gasteiger partial charge < -0.3 is 5.32 Å². The van der Waals surface area contributed by atoms with Gasteiger partial charge >= 0.3 is 0 Å². The second-order valence-corrected chi connectivity index (χ2v) is 2.40. The first-order valence-corrected chi connectivity index (χ1v) is 3.14. The molecule has 1 aliphatic carbocycles. The van der Waals surface area contributed by atoms with Gasteiger partial charge in [-0.2, -0.15) is 0 Å². The Morgan fingerprint density at radius 3 is 2.33 bits per heavy atom. The quantitative estimate of drug-likeness (QED) is 0.603. The molecule has 1 nitrogen and oxygen atoms in total. The van der Waals surface area contributed by atoms with E-state index in [4.69, 9.17) is 0 Å². The number of rotatable bonds is 1. The van der Waals surface area contributed by atoms with Gasteiger partial charge in [0.05, 0.1) is 0 Å². The van der Waals surface area contributed by atoms with Crippen molar-refractivity contribution in [3.05, 3.63) is 0 Å². The van der Waals surface area contributed by atoms with Crippen molar-refractivity contribution in [1.82, 2.24) is 5.32 Å². The van der Waals surface area contributed by atoms with Crippen LogP contribution in [0.15, 0.2) is 0 Å². The van der Waals surface area contributed by atoms with Gasteiger partial charge in [0.25, 0.3) is 0 Å². The minimum atomic E-state index is -0.535. The third kappa shape index (κ3) is 2.50. The fraction of sp³-hybridized carbons (Fsp3) is 1.00. The Balaban J connectivity index is 0.000000640. The summed E-state index contributed by atoms with van der Waals surface area (Å²) in [6.45, 7) is 0. The molecule has 0 bridgehead atoms. The van der Waals surface area contributed by atoms with Crippen LogP contribution in [0.3, 0.4) is 0 Å². The zero-order valence-electron chi connectivity index (χ0n) is 5.56. The lowest BCUT2D eigenvalue weighted by molar-refractivity contribution is 0.336. The molecule has 2 unspecified atom stereocenters. The van der Waals surface area contributed by atoms with Crippen LogP contribution in [0.2, 0.25) is 0 Å². The second-order valence-electron chi connectivity index (χ2n) is 2.40. The molecule has 0 saturated heterocycles. The SMILES string of the molecule is CNC1CCC(F)C1.Cl. The largest absolute Gasteiger partial charge is 0.317 e. The number of hydrogen-bond acceptors (Lipinski definition) is 1. The Kier molecular flexibility index (Phi) is 4.15. The van der Waals surface area contributed by atoms with E-state index in [-0.39, 0.29) is 12.4 Å². The second kappa shape index (κ2) is 4.07. The summed E-state index contributed by atoms with van der Waals surface area (Å²) >= 11 is 0. The van der Waals surface area contributed by atoms with Crippen LogP contribution < -0.4 is 5.32 Å². The molecule has 56 valence electrons. The Morgan fingerprint density at radius 2 is 2.11 bits per heavy atom. The number of hydrogen-bond donors (Lipinski definition) is 1. The van der Waals surface area contributed by atoms with E-state index >= 15 is 0 Å². The Hall–Kier alpha value is 0.180. The maximum atomic E-state index is 12.3. The molecule has 1 fully saturated rings. The highest BCUT2D eigenvalue weighted by atomic mass is 35.5. The van der Waals surface area contributed by atoms with E-state index in [9.17, 15) is 4.39 Å². The van der Waals surface area contributed by atoms with Crippen LogP contribution in [-0.2, 0) is 0 Å². The lowest BCUT2D eigenvalue weighted by Gasteiger charge is -2.03. The molecular weight excluding hydrogens is 141 g/mol. The van der Waals surface area contributed by atoms with Crippen molar-refractivity contribution in [1.29, 1.82) is 0 Å². The smallest absolute Gasteiger partial charge is 0.102 e. The van der Waals surface area contributed by atoms with E-state index in [1.807, 2.05) is 7.05 Å². The standard InChI is InChI=1S/C6H12FN.ClH/c1-8-6-3-2-5(7)4-6;/h5-6,8H,2-4H2,1H3;1H. The van der Waals surface area contributed by atoms with Gasteiger partial charge in [0.1, 0.15) is 6.17 Å². The lowest BCUT2D eigenvalue weighted by Crippen LogP contribution is -2.21. The summed E-state index contributed by atoms with van der Waals surface area (Å²) in [6.07, 6.45) is 1.95. The van der Waals surface area contributed by atoms with Gasteiger partial charge in [-0.3, -0.25) is 0 Å². The van der Waals surface area contributed by atoms with Crippen molar-refractivity contribution in [2.45, 2.75) is 31.5 Å². The summed E-state index contributed by atoms with van der Waals surface area (Å²) in [6, 6.07) is 0.449. The first-order valence-electron chi connectivity index (χ1n) is 3.14. The van der Waals surface area contributed by atoms with Gasteiger partial charge in [0.15, 0.2) is 0 Å². The molecule has 3 heteroatoms. The first-order chi connectivity index (χ1) is 3.83. The Morgan fingerprint density at radius 1 is 1.44 bits per heavy atom. The molecule has 1 N–H and O–H groups in total. The summed E-state index contributed by atoms with van der Waals surface area (Å²) in [4.78, 5) is 0. The van der Waals surface area contributed by atoms with Crippen LogP contribution in [0.25, 0.3) is 0 Å². The van der Waals surface area contributed by atoms with Crippen LogP contribution >= 0.6 is 12.4 Å². The zero-order valence-corrected chi connectivity index (χ0v) is 6.38. The highest BCUT2D eigenvalue weighted by Crippen LogP contribution is 2.20. The molecule has 0 spiro atoms. The van der Waals surface area contributed by atoms with Gasteiger partial charge in [-0.25, -0.2) is 4.39 Å². The maximum Gasteiger partial charge on any atom is 0.102 e. The van der Waals surface area contributed by atoms with Crippen molar-refractivity contribution in [2.75, 3.05) is 7.05 Å². The van der Waals surface area contributed by atoms with Crippen molar-refractivity contribution in [2.24, 2.45) is 0 Å². The van der Waals surface area contributed by atoms with E-state index in [2.05, 4.69) is 5.32 Å². The molecule has 0 aromatic rings. The van der Waals surface area contributed by atoms with Gasteiger partial charge in [-0.15, -0.1) is 12.4 Å². The first kappa shape index (κ1) is 9.18.